The standard InChI is InChI=1S/C87H171NO5/c1-3-5-7-9-11-13-15-17-19-20-21-22-23-39-42-45-48-52-55-59-63-67-71-75-79-85(90)84(83-89)88-86(91)80-76-72-68-64-60-56-53-49-46-43-40-37-35-33-31-29-27-25-24-26-28-30-32-34-36-38-41-44-47-50-54-58-62-66-70-74-78-82-93-87(92)81-77-73-69-65-61-57-51-18-16-14-12-10-8-6-4-2/h18,51,84-85,89-90H,3-17,19-50,52-83H2,1-2H3,(H,88,91)/b51-18-. The van der Waals surface area contributed by atoms with E-state index in [1.165, 1.54) is 430 Å². The smallest absolute Gasteiger partial charge is 0.305 e. The lowest BCUT2D eigenvalue weighted by molar-refractivity contribution is -0.143. The summed E-state index contributed by atoms with van der Waals surface area (Å²) in [4.78, 5) is 24.7. The Morgan fingerprint density at radius 2 is 0.505 bits per heavy atom. The number of carbonyl (C=O) groups excluding carboxylic acids is 2. The lowest BCUT2D eigenvalue weighted by Gasteiger charge is -2.22. The van der Waals surface area contributed by atoms with Crippen molar-refractivity contribution in [2.75, 3.05) is 13.2 Å². The number of aliphatic hydroxyl groups excluding tert-OH is 2. The van der Waals surface area contributed by atoms with Crippen LogP contribution in [0.5, 0.6) is 0 Å². The fourth-order valence-electron chi connectivity index (χ4n) is 14.2. The molecule has 2 atom stereocenters. The number of ether oxygens (including phenoxy) is 1. The van der Waals surface area contributed by atoms with Crippen molar-refractivity contribution in [3.8, 4) is 0 Å². The van der Waals surface area contributed by atoms with Crippen molar-refractivity contribution >= 4 is 11.9 Å². The van der Waals surface area contributed by atoms with Gasteiger partial charge in [0.05, 0.1) is 25.4 Å². The second kappa shape index (κ2) is 83.0. The molecule has 1 amide bonds. The minimum atomic E-state index is -0.661. The van der Waals surface area contributed by atoms with Crippen LogP contribution in [-0.2, 0) is 14.3 Å². The molecule has 0 aromatic heterocycles. The fraction of sp³-hybridized carbons (Fsp3) is 0.954. The van der Waals surface area contributed by atoms with Crippen molar-refractivity contribution in [1.82, 2.24) is 5.32 Å². The number of rotatable bonds is 83. The van der Waals surface area contributed by atoms with Crippen LogP contribution in [0.2, 0.25) is 0 Å². The number of amides is 1. The molecular formula is C87H171NO5. The van der Waals surface area contributed by atoms with Crippen LogP contribution in [0, 0.1) is 0 Å². The number of unbranched alkanes of at least 4 members (excludes halogenated alkanes) is 70. The number of hydrogen-bond acceptors (Lipinski definition) is 5. The number of carbonyl (C=O) groups is 2. The summed E-state index contributed by atoms with van der Waals surface area (Å²) in [5.74, 6) is -0.00574. The maximum absolute atomic E-state index is 12.6. The Balaban J connectivity index is 3.30. The molecule has 6 nitrogen and oxygen atoms in total. The highest BCUT2D eigenvalue weighted by atomic mass is 16.5. The summed E-state index contributed by atoms with van der Waals surface area (Å²) in [6.07, 6.45) is 106. The van der Waals surface area contributed by atoms with Crippen molar-refractivity contribution in [2.45, 2.75) is 520 Å². The molecule has 0 radical (unpaired) electrons. The van der Waals surface area contributed by atoms with E-state index in [0.29, 0.717) is 25.9 Å². The van der Waals surface area contributed by atoms with Gasteiger partial charge < -0.3 is 20.3 Å². The SMILES string of the molecule is CCCCCCCC/C=C\CCCCCCCC(=O)OCCCCCCCCCCCCCCCCCCCCCCCCCCCCCCCCCCCCCCCC(=O)NC(CO)C(O)CCCCCCCCCCCCCCCCCCCCCCCCCC. The van der Waals surface area contributed by atoms with Gasteiger partial charge in [-0.25, -0.2) is 0 Å². The van der Waals surface area contributed by atoms with E-state index in [0.717, 1.165) is 44.9 Å². The lowest BCUT2D eigenvalue weighted by Crippen LogP contribution is -2.45. The van der Waals surface area contributed by atoms with Crippen LogP contribution in [0.15, 0.2) is 12.2 Å². The summed E-state index contributed by atoms with van der Waals surface area (Å²) in [5, 5.41) is 23.5. The van der Waals surface area contributed by atoms with Crippen LogP contribution < -0.4 is 5.32 Å². The lowest BCUT2D eigenvalue weighted by atomic mass is 10.0. The zero-order chi connectivity index (χ0) is 67.0. The number of nitrogens with one attached hydrogen (secondary N) is 1. The molecule has 0 aliphatic rings. The van der Waals surface area contributed by atoms with E-state index in [-0.39, 0.29) is 18.5 Å². The quantitative estimate of drug-likeness (QED) is 0.0320. The average Bonchev–Trinajstić information content (AvgIpc) is 3.78. The van der Waals surface area contributed by atoms with Gasteiger partial charge in [0.25, 0.3) is 0 Å². The van der Waals surface area contributed by atoms with Crippen LogP contribution in [-0.4, -0.2) is 47.4 Å². The van der Waals surface area contributed by atoms with Gasteiger partial charge in [-0.15, -0.1) is 0 Å². The monoisotopic (exact) mass is 1310 g/mol. The molecule has 0 aliphatic heterocycles. The second-order valence-electron chi connectivity index (χ2n) is 30.2. The maximum atomic E-state index is 12.6. The van der Waals surface area contributed by atoms with E-state index in [2.05, 4.69) is 31.3 Å². The van der Waals surface area contributed by atoms with Crippen LogP contribution in [0.25, 0.3) is 0 Å². The van der Waals surface area contributed by atoms with Gasteiger partial charge in [0.15, 0.2) is 0 Å². The van der Waals surface area contributed by atoms with E-state index >= 15 is 0 Å². The third kappa shape index (κ3) is 79.5. The van der Waals surface area contributed by atoms with E-state index in [4.69, 9.17) is 4.74 Å². The minimum absolute atomic E-state index is 0.0168. The molecule has 0 spiro atoms. The van der Waals surface area contributed by atoms with Crippen molar-refractivity contribution in [1.29, 1.82) is 0 Å². The molecule has 0 heterocycles. The van der Waals surface area contributed by atoms with Crippen LogP contribution in [0.1, 0.15) is 508 Å². The Kier molecular flexibility index (Phi) is 81.8. The first-order chi connectivity index (χ1) is 46.0. The van der Waals surface area contributed by atoms with Gasteiger partial charge in [0, 0.05) is 12.8 Å². The number of hydrogen-bond donors (Lipinski definition) is 3. The highest BCUT2D eigenvalue weighted by Crippen LogP contribution is 2.21. The Morgan fingerprint density at radius 1 is 0.290 bits per heavy atom. The van der Waals surface area contributed by atoms with Crippen molar-refractivity contribution in [2.24, 2.45) is 0 Å². The van der Waals surface area contributed by atoms with E-state index in [1.807, 2.05) is 0 Å². The predicted octanol–water partition coefficient (Wildman–Crippen LogP) is 29.0. The highest BCUT2D eigenvalue weighted by molar-refractivity contribution is 5.76. The number of aliphatic hydroxyl groups is 2. The first-order valence-corrected chi connectivity index (χ1v) is 43.4. The molecule has 0 aromatic carbocycles. The number of allylic oxidation sites excluding steroid dienone is 2. The molecule has 0 fully saturated rings. The van der Waals surface area contributed by atoms with E-state index in [9.17, 15) is 19.8 Å². The van der Waals surface area contributed by atoms with Gasteiger partial charge in [0.2, 0.25) is 5.91 Å². The maximum Gasteiger partial charge on any atom is 0.305 e. The first-order valence-electron chi connectivity index (χ1n) is 43.4. The van der Waals surface area contributed by atoms with Crippen LogP contribution in [0.4, 0.5) is 0 Å². The zero-order valence-electron chi connectivity index (χ0n) is 63.8. The molecular weight excluding hydrogens is 1140 g/mol. The van der Waals surface area contributed by atoms with Gasteiger partial charge in [-0.3, -0.25) is 9.59 Å². The Bertz CT molecular complexity index is 1420. The summed E-state index contributed by atoms with van der Waals surface area (Å²) >= 11 is 0. The molecule has 3 N–H and O–H groups in total. The molecule has 0 saturated heterocycles. The Morgan fingerprint density at radius 3 is 0.763 bits per heavy atom. The topological polar surface area (TPSA) is 95.9 Å². The van der Waals surface area contributed by atoms with Crippen molar-refractivity contribution in [3.05, 3.63) is 12.2 Å². The van der Waals surface area contributed by atoms with Gasteiger partial charge in [-0.2, -0.15) is 0 Å². The number of esters is 1. The van der Waals surface area contributed by atoms with Gasteiger partial charge in [-0.05, 0) is 51.4 Å². The summed E-state index contributed by atoms with van der Waals surface area (Å²) in [5.41, 5.74) is 0. The minimum Gasteiger partial charge on any atom is -0.466 e. The van der Waals surface area contributed by atoms with Crippen molar-refractivity contribution < 1.29 is 24.5 Å². The van der Waals surface area contributed by atoms with Gasteiger partial charge in [-0.1, -0.05) is 456 Å². The highest BCUT2D eigenvalue weighted by Gasteiger charge is 2.20. The molecule has 6 heteroatoms. The third-order valence-corrected chi connectivity index (χ3v) is 20.8. The average molecular weight is 1310 g/mol. The summed E-state index contributed by atoms with van der Waals surface area (Å²) in [7, 11) is 0. The molecule has 0 rings (SSSR count). The fourth-order valence-corrected chi connectivity index (χ4v) is 14.2. The predicted molar refractivity (Wildman–Crippen MR) is 412 cm³/mol. The van der Waals surface area contributed by atoms with Crippen LogP contribution >= 0.6 is 0 Å². The summed E-state index contributed by atoms with van der Waals surface area (Å²) in [6.45, 7) is 5.01. The summed E-state index contributed by atoms with van der Waals surface area (Å²) < 4.78 is 5.50. The first kappa shape index (κ1) is 91.6. The second-order valence-corrected chi connectivity index (χ2v) is 30.2. The van der Waals surface area contributed by atoms with E-state index < -0.39 is 12.1 Å². The zero-order valence-corrected chi connectivity index (χ0v) is 63.8. The molecule has 93 heavy (non-hydrogen) atoms. The van der Waals surface area contributed by atoms with Crippen molar-refractivity contribution in [3.63, 3.8) is 0 Å². The third-order valence-electron chi connectivity index (χ3n) is 20.8. The Labute approximate surface area is 584 Å². The molecule has 0 bridgehead atoms. The molecule has 554 valence electrons. The molecule has 0 aliphatic carbocycles. The Hall–Kier alpha value is -1.40. The van der Waals surface area contributed by atoms with Crippen LogP contribution in [0.3, 0.4) is 0 Å². The summed E-state index contributed by atoms with van der Waals surface area (Å²) in [6, 6.07) is -0.538. The normalized spacial score (nSPS) is 12.4. The largest absolute Gasteiger partial charge is 0.466 e. The van der Waals surface area contributed by atoms with E-state index in [1.54, 1.807) is 0 Å². The molecule has 2 unspecified atom stereocenters. The molecule has 0 saturated carbocycles. The molecule has 0 aromatic rings. The van der Waals surface area contributed by atoms with Gasteiger partial charge >= 0.3 is 5.97 Å². The van der Waals surface area contributed by atoms with Gasteiger partial charge in [0.1, 0.15) is 0 Å².